The normalized spacial score (nSPS) is 25.9. The lowest BCUT2D eigenvalue weighted by atomic mass is 9.99. The second kappa shape index (κ2) is 12.4. The van der Waals surface area contributed by atoms with Crippen LogP contribution in [-0.2, 0) is 24.0 Å². The van der Waals surface area contributed by atoms with Gasteiger partial charge in [-0.1, -0.05) is 41.5 Å². The van der Waals surface area contributed by atoms with Gasteiger partial charge in [-0.25, -0.2) is 4.79 Å². The van der Waals surface area contributed by atoms with E-state index in [0.29, 0.717) is 12.8 Å². The molecule has 182 valence electrons. The number of nitrogens with one attached hydrogen (secondary N) is 4. The fraction of sp³-hybridized carbons (Fsp3) is 0.773. The second-order valence-corrected chi connectivity index (χ2v) is 9.73. The van der Waals surface area contributed by atoms with Crippen LogP contribution in [0, 0.1) is 17.8 Å². The molecule has 0 spiro atoms. The molecule has 10 nitrogen and oxygen atoms in total. The molecule has 1 aliphatic rings. The van der Waals surface area contributed by atoms with E-state index < -0.39 is 60.2 Å². The van der Waals surface area contributed by atoms with E-state index in [1.807, 2.05) is 41.5 Å². The van der Waals surface area contributed by atoms with Crippen LogP contribution in [0.4, 0.5) is 0 Å². The van der Waals surface area contributed by atoms with Crippen molar-refractivity contribution in [2.24, 2.45) is 17.8 Å². The van der Waals surface area contributed by atoms with Crippen molar-refractivity contribution in [3.63, 3.8) is 0 Å². The largest absolute Gasteiger partial charge is 0.480 e. The summed E-state index contributed by atoms with van der Waals surface area (Å²) in [5.41, 5.74) is 0. The molecule has 2 unspecified atom stereocenters. The van der Waals surface area contributed by atoms with Gasteiger partial charge in [-0.2, -0.15) is 0 Å². The highest BCUT2D eigenvalue weighted by molar-refractivity contribution is 5.96. The van der Waals surface area contributed by atoms with Gasteiger partial charge in [0.2, 0.25) is 23.6 Å². The highest BCUT2D eigenvalue weighted by Crippen LogP contribution is 2.12. The molecule has 0 bridgehead atoms. The van der Waals surface area contributed by atoms with Crippen LogP contribution in [0.3, 0.4) is 0 Å². The van der Waals surface area contributed by atoms with E-state index in [0.717, 1.165) is 0 Å². The highest BCUT2D eigenvalue weighted by Gasteiger charge is 2.34. The summed E-state index contributed by atoms with van der Waals surface area (Å²) < 4.78 is 0. The molecule has 0 aromatic rings. The van der Waals surface area contributed by atoms with Crippen LogP contribution < -0.4 is 21.3 Å². The number of rotatable bonds is 7. The molecule has 1 aliphatic heterocycles. The predicted octanol–water partition coefficient (Wildman–Crippen LogP) is 0.552. The molecule has 4 amide bonds. The number of carbonyl (C=O) groups excluding carboxylic acids is 4. The molecule has 1 heterocycles. The molecule has 1 saturated heterocycles. The van der Waals surface area contributed by atoms with Gasteiger partial charge in [-0.3, -0.25) is 19.2 Å². The number of carboxylic acids is 1. The van der Waals surface area contributed by atoms with E-state index in [9.17, 15) is 29.1 Å². The second-order valence-electron chi connectivity index (χ2n) is 9.73. The molecule has 5 N–H and O–H groups in total. The van der Waals surface area contributed by atoms with E-state index in [1.165, 1.54) is 0 Å². The third-order valence-electron chi connectivity index (χ3n) is 5.04. The molecule has 0 aliphatic carbocycles. The molecule has 0 saturated carbocycles. The third kappa shape index (κ3) is 9.23. The van der Waals surface area contributed by atoms with Gasteiger partial charge in [0.15, 0.2) is 0 Å². The molecular formula is C22H38N4O6. The Bertz CT molecular complexity index is 707. The average molecular weight is 455 g/mol. The van der Waals surface area contributed by atoms with Gasteiger partial charge in [0.25, 0.3) is 0 Å². The molecule has 0 aromatic heterocycles. The van der Waals surface area contributed by atoms with Crippen molar-refractivity contribution in [3.05, 3.63) is 0 Å². The lowest BCUT2D eigenvalue weighted by Crippen LogP contribution is -2.57. The summed E-state index contributed by atoms with van der Waals surface area (Å²) >= 11 is 0. The van der Waals surface area contributed by atoms with Gasteiger partial charge in [-0.05, 0) is 37.0 Å². The average Bonchev–Trinajstić information content (AvgIpc) is 2.64. The van der Waals surface area contributed by atoms with Gasteiger partial charge in [0.1, 0.15) is 24.2 Å². The Hall–Kier alpha value is -2.65. The lowest BCUT2D eigenvalue weighted by Gasteiger charge is -2.26. The Morgan fingerprint density at radius 3 is 1.41 bits per heavy atom. The van der Waals surface area contributed by atoms with E-state index in [-0.39, 0.29) is 24.2 Å². The SMILES string of the molecule is CC(C)CC1NC(=O)C[C@@H](C(=O)O)NC(=O)[C@H](CC(C)C)NC(=O)C(CC(C)C)NC1=O. The quantitative estimate of drug-likeness (QED) is 0.379. The Balaban J connectivity index is 3.35. The highest BCUT2D eigenvalue weighted by atomic mass is 16.4. The molecule has 10 heteroatoms. The number of hydrogen-bond acceptors (Lipinski definition) is 5. The number of carbonyl (C=O) groups is 5. The first-order valence-corrected chi connectivity index (χ1v) is 11.2. The summed E-state index contributed by atoms with van der Waals surface area (Å²) in [5, 5.41) is 19.8. The maximum absolute atomic E-state index is 13.0. The minimum Gasteiger partial charge on any atom is -0.480 e. The minimum absolute atomic E-state index is 0.0295. The van der Waals surface area contributed by atoms with E-state index in [4.69, 9.17) is 0 Å². The van der Waals surface area contributed by atoms with Crippen molar-refractivity contribution >= 4 is 29.6 Å². The lowest BCUT2D eigenvalue weighted by molar-refractivity contribution is -0.144. The van der Waals surface area contributed by atoms with E-state index in [2.05, 4.69) is 21.3 Å². The Morgan fingerprint density at radius 2 is 1.06 bits per heavy atom. The predicted molar refractivity (Wildman–Crippen MR) is 118 cm³/mol. The molecule has 0 radical (unpaired) electrons. The van der Waals surface area contributed by atoms with Crippen molar-refractivity contribution in [1.82, 2.24) is 21.3 Å². The standard InChI is InChI=1S/C22H38N4O6/c1-11(2)7-14-19(28)24-15(8-12(3)4)20(29)25-16(9-13(5)6)21(30)26-17(22(31)32)10-18(27)23-14/h11-17H,7-10H2,1-6H3,(H,23,27)(H,24,28)(H,25,29)(H,26,30)(H,31,32)/t14?,15?,16-,17-/m0/s1. The first-order valence-electron chi connectivity index (χ1n) is 11.2. The van der Waals surface area contributed by atoms with Crippen LogP contribution >= 0.6 is 0 Å². The summed E-state index contributed by atoms with van der Waals surface area (Å²) in [6.07, 6.45) is 0.399. The number of carboxylic acid groups (broad SMARTS) is 1. The summed E-state index contributed by atoms with van der Waals surface area (Å²) in [6, 6.07) is -4.30. The van der Waals surface area contributed by atoms with Crippen LogP contribution in [0.5, 0.6) is 0 Å². The maximum Gasteiger partial charge on any atom is 0.326 e. The van der Waals surface area contributed by atoms with Gasteiger partial charge in [0.05, 0.1) is 6.42 Å². The van der Waals surface area contributed by atoms with Crippen LogP contribution in [0.25, 0.3) is 0 Å². The fourth-order valence-corrected chi connectivity index (χ4v) is 3.56. The Kier molecular flexibility index (Phi) is 10.6. The van der Waals surface area contributed by atoms with Crippen molar-refractivity contribution in [2.45, 2.75) is 91.4 Å². The van der Waals surface area contributed by atoms with Crippen molar-refractivity contribution in [3.8, 4) is 0 Å². The van der Waals surface area contributed by atoms with Crippen LogP contribution in [-0.4, -0.2) is 58.9 Å². The van der Waals surface area contributed by atoms with E-state index >= 15 is 0 Å². The number of hydrogen-bond donors (Lipinski definition) is 5. The van der Waals surface area contributed by atoms with Crippen molar-refractivity contribution in [1.29, 1.82) is 0 Å². The monoisotopic (exact) mass is 454 g/mol. The Morgan fingerprint density at radius 1 is 0.719 bits per heavy atom. The van der Waals surface area contributed by atoms with Crippen LogP contribution in [0.2, 0.25) is 0 Å². The molecular weight excluding hydrogens is 416 g/mol. The maximum atomic E-state index is 13.0. The van der Waals surface area contributed by atoms with E-state index in [1.54, 1.807) is 0 Å². The first kappa shape index (κ1) is 27.4. The fourth-order valence-electron chi connectivity index (χ4n) is 3.56. The Labute approximate surface area is 189 Å². The number of amides is 4. The van der Waals surface area contributed by atoms with Crippen molar-refractivity contribution in [2.75, 3.05) is 0 Å². The zero-order valence-electron chi connectivity index (χ0n) is 19.9. The zero-order valence-corrected chi connectivity index (χ0v) is 19.9. The minimum atomic E-state index is -1.48. The summed E-state index contributed by atoms with van der Waals surface area (Å²) in [6.45, 7) is 11.3. The van der Waals surface area contributed by atoms with Crippen LogP contribution in [0.15, 0.2) is 0 Å². The summed E-state index contributed by atoms with van der Waals surface area (Å²) in [4.78, 5) is 63.0. The summed E-state index contributed by atoms with van der Waals surface area (Å²) in [7, 11) is 0. The van der Waals surface area contributed by atoms with Crippen molar-refractivity contribution < 1.29 is 29.1 Å². The third-order valence-corrected chi connectivity index (χ3v) is 5.04. The molecule has 1 rings (SSSR count). The van der Waals surface area contributed by atoms with Gasteiger partial charge < -0.3 is 26.4 Å². The smallest absolute Gasteiger partial charge is 0.326 e. The molecule has 1 fully saturated rings. The number of aliphatic carboxylic acids is 1. The van der Waals surface area contributed by atoms with Gasteiger partial charge in [-0.15, -0.1) is 0 Å². The topological polar surface area (TPSA) is 154 Å². The van der Waals surface area contributed by atoms with Crippen LogP contribution in [0.1, 0.15) is 67.2 Å². The first-order chi connectivity index (χ1) is 14.8. The molecule has 0 aromatic carbocycles. The molecule has 32 heavy (non-hydrogen) atoms. The molecule has 4 atom stereocenters. The van der Waals surface area contributed by atoms with Gasteiger partial charge in [0, 0.05) is 0 Å². The summed E-state index contributed by atoms with van der Waals surface area (Å²) in [5.74, 6) is -3.59. The zero-order chi connectivity index (χ0) is 24.6. The van der Waals surface area contributed by atoms with Gasteiger partial charge >= 0.3 is 5.97 Å².